The van der Waals surface area contributed by atoms with Crippen molar-refractivity contribution in [2.24, 2.45) is 0 Å². The molecule has 1 saturated heterocycles. The fraction of sp³-hybridized carbons (Fsp3) is 0.148. The minimum atomic E-state index is -0.282. The van der Waals surface area contributed by atoms with E-state index in [2.05, 4.69) is 12.2 Å². The van der Waals surface area contributed by atoms with E-state index in [0.717, 1.165) is 12.0 Å². The van der Waals surface area contributed by atoms with Gasteiger partial charge in [0.05, 0.1) is 17.7 Å². The van der Waals surface area contributed by atoms with E-state index >= 15 is 0 Å². The van der Waals surface area contributed by atoms with E-state index in [0.29, 0.717) is 37.1 Å². The van der Waals surface area contributed by atoms with Crippen LogP contribution in [0.15, 0.2) is 71.6 Å². The molecule has 6 nitrogen and oxygen atoms in total. The average Bonchev–Trinajstić information content (AvgIpc) is 3.15. The van der Waals surface area contributed by atoms with Crippen LogP contribution in [-0.4, -0.2) is 29.9 Å². The van der Waals surface area contributed by atoms with Crippen LogP contribution in [0.2, 0.25) is 5.02 Å². The van der Waals surface area contributed by atoms with Crippen molar-refractivity contribution < 1.29 is 19.1 Å². The largest absolute Gasteiger partial charge is 0.493 e. The number of hydrogen-bond donors (Lipinski definition) is 1. The number of carbonyl (C=O) groups excluding carboxylic acids is 2. The third kappa shape index (κ3) is 6.07. The molecule has 0 aliphatic carbocycles. The molecule has 1 aliphatic heterocycles. The maximum absolute atomic E-state index is 13.0. The van der Waals surface area contributed by atoms with Crippen LogP contribution >= 0.6 is 35.6 Å². The predicted octanol–water partition coefficient (Wildman–Crippen LogP) is 6.33. The van der Waals surface area contributed by atoms with Gasteiger partial charge in [0.1, 0.15) is 0 Å². The molecular weight excluding hydrogens is 516 g/mol. The highest BCUT2D eigenvalue weighted by Crippen LogP contribution is 2.37. The number of ether oxygens (including phenoxy) is 2. The summed E-state index contributed by atoms with van der Waals surface area (Å²) < 4.78 is 11.6. The molecule has 1 aliphatic rings. The normalized spacial score (nSPS) is 14.3. The first kappa shape index (κ1) is 25.8. The van der Waals surface area contributed by atoms with Gasteiger partial charge in [0.25, 0.3) is 11.8 Å². The first-order chi connectivity index (χ1) is 17.4. The Bertz CT molecular complexity index is 1340. The van der Waals surface area contributed by atoms with Gasteiger partial charge < -0.3 is 14.8 Å². The summed E-state index contributed by atoms with van der Waals surface area (Å²) in [7, 11) is 1.51. The Morgan fingerprint density at radius 3 is 2.58 bits per heavy atom. The minimum Gasteiger partial charge on any atom is -0.493 e. The number of anilines is 2. The third-order valence-corrected chi connectivity index (χ3v) is 6.89. The van der Waals surface area contributed by atoms with E-state index in [-0.39, 0.29) is 18.4 Å². The molecule has 2 amide bonds. The number of methoxy groups -OCH3 is 1. The van der Waals surface area contributed by atoms with Gasteiger partial charge in [-0.15, -0.1) is 0 Å². The molecule has 0 unspecified atom stereocenters. The van der Waals surface area contributed by atoms with Crippen LogP contribution in [0, 0.1) is 0 Å². The summed E-state index contributed by atoms with van der Waals surface area (Å²) in [6.45, 7) is 1.90. The van der Waals surface area contributed by atoms with Crippen LogP contribution in [0.3, 0.4) is 0 Å². The molecule has 0 spiro atoms. The SMILES string of the molecule is CCc1ccc(NC(=O)COc2ccc(/C=C3/SC(=S)N(c4cccc(Cl)c4)C3=O)cc2OC)cc1. The van der Waals surface area contributed by atoms with Gasteiger partial charge >= 0.3 is 0 Å². The molecule has 4 rings (SSSR count). The number of aryl methyl sites for hydroxylation is 1. The van der Waals surface area contributed by atoms with Gasteiger partial charge in [-0.05, 0) is 66.1 Å². The van der Waals surface area contributed by atoms with E-state index in [1.807, 2.05) is 24.3 Å². The van der Waals surface area contributed by atoms with Gasteiger partial charge in [0.2, 0.25) is 0 Å². The van der Waals surface area contributed by atoms with Crippen molar-refractivity contribution in [3.05, 3.63) is 87.8 Å². The zero-order valence-corrected chi connectivity index (χ0v) is 22.0. The Balaban J connectivity index is 1.43. The molecule has 184 valence electrons. The third-order valence-electron chi connectivity index (χ3n) is 5.35. The van der Waals surface area contributed by atoms with Crippen molar-refractivity contribution >= 4 is 69.2 Å². The molecule has 0 saturated carbocycles. The Hall–Kier alpha value is -3.33. The van der Waals surface area contributed by atoms with E-state index in [1.165, 1.54) is 29.3 Å². The van der Waals surface area contributed by atoms with Crippen molar-refractivity contribution in [3.8, 4) is 11.5 Å². The molecule has 0 atom stereocenters. The zero-order valence-electron chi connectivity index (χ0n) is 19.6. The molecule has 1 N–H and O–H groups in total. The number of thioether (sulfide) groups is 1. The van der Waals surface area contributed by atoms with Gasteiger partial charge in [-0.1, -0.05) is 66.8 Å². The van der Waals surface area contributed by atoms with Gasteiger partial charge in [-0.2, -0.15) is 0 Å². The molecule has 1 fully saturated rings. The molecular formula is C27H23ClN2O4S2. The minimum absolute atomic E-state index is 0.177. The number of hydrogen-bond acceptors (Lipinski definition) is 6. The number of nitrogens with one attached hydrogen (secondary N) is 1. The van der Waals surface area contributed by atoms with Crippen LogP contribution in [0.4, 0.5) is 11.4 Å². The first-order valence-corrected chi connectivity index (χ1v) is 12.7. The number of carbonyl (C=O) groups is 2. The summed E-state index contributed by atoms with van der Waals surface area (Å²) in [5, 5.41) is 3.33. The Labute approximate surface area is 224 Å². The highest BCUT2D eigenvalue weighted by Gasteiger charge is 2.33. The second-order valence-corrected chi connectivity index (χ2v) is 9.91. The molecule has 9 heteroatoms. The predicted molar refractivity (Wildman–Crippen MR) is 150 cm³/mol. The van der Waals surface area contributed by atoms with Crippen molar-refractivity contribution in [2.45, 2.75) is 13.3 Å². The highest BCUT2D eigenvalue weighted by atomic mass is 35.5. The van der Waals surface area contributed by atoms with E-state index < -0.39 is 0 Å². The monoisotopic (exact) mass is 538 g/mol. The zero-order chi connectivity index (χ0) is 25.7. The fourth-order valence-corrected chi connectivity index (χ4v) is 5.00. The summed E-state index contributed by atoms with van der Waals surface area (Å²) in [6, 6.07) is 19.9. The van der Waals surface area contributed by atoms with E-state index in [4.69, 9.17) is 33.3 Å². The van der Waals surface area contributed by atoms with Crippen LogP contribution in [-0.2, 0) is 16.0 Å². The first-order valence-electron chi connectivity index (χ1n) is 11.1. The molecule has 3 aromatic carbocycles. The molecule has 0 bridgehead atoms. The summed E-state index contributed by atoms with van der Waals surface area (Å²) in [5.74, 6) is 0.344. The maximum Gasteiger partial charge on any atom is 0.270 e. The average molecular weight is 539 g/mol. The standard InChI is InChI=1S/C27H23ClN2O4S2/c1-3-17-7-10-20(11-8-17)29-25(31)16-34-22-12-9-18(13-23(22)33-2)14-24-26(32)30(27(35)36-24)21-6-4-5-19(28)15-21/h4-15H,3,16H2,1-2H3,(H,29,31)/b24-14+. The lowest BCUT2D eigenvalue weighted by molar-refractivity contribution is -0.118. The van der Waals surface area contributed by atoms with Crippen LogP contribution in [0.1, 0.15) is 18.1 Å². The second-order valence-electron chi connectivity index (χ2n) is 7.79. The van der Waals surface area contributed by atoms with Crippen molar-refractivity contribution in [2.75, 3.05) is 23.9 Å². The van der Waals surface area contributed by atoms with Crippen LogP contribution in [0.25, 0.3) is 6.08 Å². The van der Waals surface area contributed by atoms with Crippen molar-refractivity contribution in [1.29, 1.82) is 0 Å². The number of amides is 2. The second kappa shape index (κ2) is 11.6. The lowest BCUT2D eigenvalue weighted by Gasteiger charge is -2.14. The molecule has 0 radical (unpaired) electrons. The van der Waals surface area contributed by atoms with Gasteiger partial charge in [0.15, 0.2) is 22.4 Å². The molecule has 1 heterocycles. The lowest BCUT2D eigenvalue weighted by Crippen LogP contribution is -2.27. The Kier molecular flexibility index (Phi) is 8.30. The van der Waals surface area contributed by atoms with Gasteiger partial charge in [-0.25, -0.2) is 0 Å². The summed E-state index contributed by atoms with van der Waals surface area (Å²) >= 11 is 12.7. The Morgan fingerprint density at radius 1 is 1.11 bits per heavy atom. The summed E-state index contributed by atoms with van der Waals surface area (Å²) in [6.07, 6.45) is 2.67. The topological polar surface area (TPSA) is 67.9 Å². The van der Waals surface area contributed by atoms with Crippen LogP contribution in [0.5, 0.6) is 11.5 Å². The highest BCUT2D eigenvalue weighted by molar-refractivity contribution is 8.27. The number of nitrogens with zero attached hydrogens (tertiary/aromatic N) is 1. The lowest BCUT2D eigenvalue weighted by atomic mass is 10.1. The van der Waals surface area contributed by atoms with Gasteiger partial charge in [-0.3, -0.25) is 14.5 Å². The van der Waals surface area contributed by atoms with Crippen molar-refractivity contribution in [3.63, 3.8) is 0 Å². The number of halogens is 1. The fourth-order valence-electron chi connectivity index (χ4n) is 3.51. The number of benzene rings is 3. The summed E-state index contributed by atoms with van der Waals surface area (Å²) in [4.78, 5) is 27.3. The molecule has 0 aromatic heterocycles. The summed E-state index contributed by atoms with van der Waals surface area (Å²) in [5.41, 5.74) is 3.25. The van der Waals surface area contributed by atoms with E-state index in [1.54, 1.807) is 48.5 Å². The van der Waals surface area contributed by atoms with E-state index in [9.17, 15) is 9.59 Å². The molecule has 36 heavy (non-hydrogen) atoms. The number of rotatable bonds is 8. The molecule has 3 aromatic rings. The Morgan fingerprint density at radius 2 is 1.89 bits per heavy atom. The van der Waals surface area contributed by atoms with Crippen LogP contribution < -0.4 is 19.7 Å². The smallest absolute Gasteiger partial charge is 0.270 e. The number of thiocarbonyl (C=S) groups is 1. The van der Waals surface area contributed by atoms with Gasteiger partial charge in [0, 0.05) is 10.7 Å². The quantitative estimate of drug-likeness (QED) is 0.267. The van der Waals surface area contributed by atoms with Crippen molar-refractivity contribution in [1.82, 2.24) is 0 Å². The maximum atomic E-state index is 13.0.